The predicted octanol–water partition coefficient (Wildman–Crippen LogP) is 4.19. The summed E-state index contributed by atoms with van der Waals surface area (Å²) in [6, 6.07) is 13.7. The van der Waals surface area contributed by atoms with Gasteiger partial charge in [-0.15, -0.1) is 5.10 Å². The van der Waals surface area contributed by atoms with Gasteiger partial charge in [-0.05, 0) is 42.0 Å². The number of hydrogen-bond acceptors (Lipinski definition) is 5. The Kier molecular flexibility index (Phi) is 6.08. The Morgan fingerprint density at radius 1 is 1.08 bits per heavy atom. The molecule has 1 unspecified atom stereocenters. The summed E-state index contributed by atoms with van der Waals surface area (Å²) in [4.78, 5) is 24.3. The van der Waals surface area contributed by atoms with Crippen molar-refractivity contribution in [1.82, 2.24) is 5.32 Å². The molecule has 1 fully saturated rings. The number of benzene rings is 2. The third-order valence-corrected chi connectivity index (χ3v) is 5.11. The maximum Gasteiger partial charge on any atom is 0.240 e. The minimum absolute atomic E-state index is 0.0814. The minimum Gasteiger partial charge on any atom is -0.303 e. The van der Waals surface area contributed by atoms with Gasteiger partial charge < -0.3 is 5.32 Å². The lowest BCUT2D eigenvalue weighted by atomic mass is 10.1. The van der Waals surface area contributed by atoms with Crippen molar-refractivity contribution >= 4 is 58.0 Å². The zero-order valence-corrected chi connectivity index (χ0v) is 15.7. The summed E-state index contributed by atoms with van der Waals surface area (Å²) >= 11 is 12.8. The van der Waals surface area contributed by atoms with Crippen molar-refractivity contribution in [3.05, 3.63) is 69.7 Å². The van der Waals surface area contributed by atoms with E-state index in [4.69, 9.17) is 23.2 Å². The van der Waals surface area contributed by atoms with Gasteiger partial charge >= 0.3 is 0 Å². The van der Waals surface area contributed by atoms with Gasteiger partial charge in [-0.25, -0.2) is 0 Å². The summed E-state index contributed by atoms with van der Waals surface area (Å²) in [5.41, 5.74) is 1.36. The highest BCUT2D eigenvalue weighted by Crippen LogP contribution is 2.24. The van der Waals surface area contributed by atoms with E-state index in [1.165, 1.54) is 11.8 Å². The molecule has 26 heavy (non-hydrogen) atoms. The molecular weight excluding hydrogens is 393 g/mol. The van der Waals surface area contributed by atoms with E-state index in [2.05, 4.69) is 15.5 Å². The van der Waals surface area contributed by atoms with Crippen LogP contribution in [0.2, 0.25) is 10.0 Å². The topological polar surface area (TPSA) is 70.9 Å². The van der Waals surface area contributed by atoms with Gasteiger partial charge in [0, 0.05) is 22.0 Å². The Labute approximate surface area is 164 Å². The second-order valence-corrected chi connectivity index (χ2v) is 7.50. The number of ketones is 1. The molecule has 132 valence electrons. The van der Waals surface area contributed by atoms with Crippen LogP contribution in [-0.4, -0.2) is 28.3 Å². The van der Waals surface area contributed by atoms with E-state index in [1.54, 1.807) is 54.7 Å². The normalized spacial score (nSPS) is 18.5. The van der Waals surface area contributed by atoms with Crippen LogP contribution in [0, 0.1) is 0 Å². The van der Waals surface area contributed by atoms with Gasteiger partial charge in [-0.1, -0.05) is 47.1 Å². The van der Waals surface area contributed by atoms with Gasteiger partial charge in [-0.2, -0.15) is 5.10 Å². The molecule has 3 rings (SSSR count). The van der Waals surface area contributed by atoms with E-state index in [1.807, 2.05) is 0 Å². The molecule has 8 heteroatoms. The average molecular weight is 406 g/mol. The van der Waals surface area contributed by atoms with Gasteiger partial charge in [0.15, 0.2) is 11.0 Å². The Morgan fingerprint density at radius 3 is 2.35 bits per heavy atom. The number of carbonyl (C=O) groups excluding carboxylic acids is 2. The molecule has 0 radical (unpaired) electrons. The fourth-order valence-electron chi connectivity index (χ4n) is 2.21. The standard InChI is InChI=1S/C18H13Cl2N3O2S/c19-13-5-1-11(2-6-13)10-21-23-18-22-17(25)16(26-18)9-15(24)12-3-7-14(20)8-4-12/h1-8,10,16H,9H2,(H,22,23,25). The fourth-order valence-corrected chi connectivity index (χ4v) is 3.38. The van der Waals surface area contributed by atoms with Crippen molar-refractivity contribution in [2.45, 2.75) is 11.7 Å². The average Bonchev–Trinajstić information content (AvgIpc) is 2.97. The third kappa shape index (κ3) is 4.94. The van der Waals surface area contributed by atoms with Crippen LogP contribution >= 0.6 is 35.0 Å². The summed E-state index contributed by atoms with van der Waals surface area (Å²) in [6.07, 6.45) is 1.64. The van der Waals surface area contributed by atoms with E-state index in [0.29, 0.717) is 20.8 Å². The highest BCUT2D eigenvalue weighted by molar-refractivity contribution is 8.15. The van der Waals surface area contributed by atoms with E-state index < -0.39 is 5.25 Å². The first-order valence-electron chi connectivity index (χ1n) is 7.64. The van der Waals surface area contributed by atoms with Gasteiger partial charge in [0.05, 0.1) is 11.5 Å². The Balaban J connectivity index is 1.60. The van der Waals surface area contributed by atoms with E-state index >= 15 is 0 Å². The number of rotatable bonds is 5. The fraction of sp³-hybridized carbons (Fsp3) is 0.111. The number of hydrogen-bond donors (Lipinski definition) is 1. The summed E-state index contributed by atoms with van der Waals surface area (Å²) in [5, 5.41) is 11.6. The van der Waals surface area contributed by atoms with Crippen LogP contribution in [0.15, 0.2) is 58.7 Å². The van der Waals surface area contributed by atoms with E-state index in [0.717, 1.165) is 5.56 Å². The first kappa shape index (κ1) is 18.6. The van der Waals surface area contributed by atoms with Crippen molar-refractivity contribution in [2.75, 3.05) is 0 Å². The third-order valence-electron chi connectivity index (χ3n) is 3.54. The van der Waals surface area contributed by atoms with Crippen LogP contribution in [-0.2, 0) is 4.79 Å². The number of halogens is 2. The SMILES string of the molecule is O=C(CC1SC(=NN=Cc2ccc(Cl)cc2)NC1=O)c1ccc(Cl)cc1. The molecule has 2 aromatic rings. The number of nitrogens with zero attached hydrogens (tertiary/aromatic N) is 2. The highest BCUT2D eigenvalue weighted by Gasteiger charge is 2.32. The number of amidine groups is 1. The van der Waals surface area contributed by atoms with Crippen LogP contribution in [0.25, 0.3) is 0 Å². The Bertz CT molecular complexity index is 880. The van der Waals surface area contributed by atoms with E-state index in [-0.39, 0.29) is 18.1 Å². The number of carbonyl (C=O) groups is 2. The lowest BCUT2D eigenvalue weighted by Gasteiger charge is -2.04. The summed E-state index contributed by atoms with van der Waals surface area (Å²) < 4.78 is 0. The van der Waals surface area contributed by atoms with Crippen molar-refractivity contribution < 1.29 is 9.59 Å². The lowest BCUT2D eigenvalue weighted by Crippen LogP contribution is -2.26. The zero-order valence-electron chi connectivity index (χ0n) is 13.4. The van der Waals surface area contributed by atoms with Crippen molar-refractivity contribution in [3.8, 4) is 0 Å². The molecule has 1 N–H and O–H groups in total. The molecule has 1 saturated heterocycles. The molecule has 0 spiro atoms. The molecule has 1 aliphatic heterocycles. The molecule has 1 aliphatic rings. The van der Waals surface area contributed by atoms with Crippen LogP contribution in [0.5, 0.6) is 0 Å². The van der Waals surface area contributed by atoms with Crippen molar-refractivity contribution in [1.29, 1.82) is 0 Å². The Morgan fingerprint density at radius 2 is 1.69 bits per heavy atom. The summed E-state index contributed by atoms with van der Waals surface area (Å²) in [7, 11) is 0. The van der Waals surface area contributed by atoms with Gasteiger partial charge in [-0.3, -0.25) is 9.59 Å². The maximum atomic E-state index is 12.3. The maximum absolute atomic E-state index is 12.3. The van der Waals surface area contributed by atoms with Crippen molar-refractivity contribution in [2.24, 2.45) is 10.2 Å². The highest BCUT2D eigenvalue weighted by atomic mass is 35.5. The van der Waals surface area contributed by atoms with Crippen LogP contribution < -0.4 is 5.32 Å². The van der Waals surface area contributed by atoms with E-state index in [9.17, 15) is 9.59 Å². The van der Waals surface area contributed by atoms with Crippen LogP contribution in [0.1, 0.15) is 22.3 Å². The number of thioether (sulfide) groups is 1. The van der Waals surface area contributed by atoms with Gasteiger partial charge in [0.25, 0.3) is 0 Å². The molecule has 2 aromatic carbocycles. The first-order chi connectivity index (χ1) is 12.5. The second-order valence-electron chi connectivity index (χ2n) is 5.43. The smallest absolute Gasteiger partial charge is 0.240 e. The molecular formula is C18H13Cl2N3O2S. The molecule has 1 heterocycles. The quantitative estimate of drug-likeness (QED) is 0.460. The molecule has 5 nitrogen and oxygen atoms in total. The first-order valence-corrected chi connectivity index (χ1v) is 9.28. The predicted molar refractivity (Wildman–Crippen MR) is 106 cm³/mol. The number of Topliss-reactive ketones (excluding diaryl/α,β-unsaturated/α-hetero) is 1. The lowest BCUT2D eigenvalue weighted by molar-refractivity contribution is -0.118. The van der Waals surface area contributed by atoms with Crippen molar-refractivity contribution in [3.63, 3.8) is 0 Å². The zero-order chi connectivity index (χ0) is 18.5. The largest absolute Gasteiger partial charge is 0.303 e. The molecule has 0 aliphatic carbocycles. The van der Waals surface area contributed by atoms with Crippen LogP contribution in [0.3, 0.4) is 0 Å². The monoisotopic (exact) mass is 405 g/mol. The number of amides is 1. The second kappa shape index (κ2) is 8.49. The molecule has 1 amide bonds. The van der Waals surface area contributed by atoms with Gasteiger partial charge in [0.1, 0.15) is 0 Å². The number of nitrogens with one attached hydrogen (secondary N) is 1. The molecule has 0 bridgehead atoms. The van der Waals surface area contributed by atoms with Crippen LogP contribution in [0.4, 0.5) is 0 Å². The minimum atomic E-state index is -0.525. The molecule has 0 aromatic heterocycles. The summed E-state index contributed by atoms with van der Waals surface area (Å²) in [5.74, 6) is -0.377. The molecule has 1 atom stereocenters. The molecule has 0 saturated carbocycles. The van der Waals surface area contributed by atoms with Gasteiger partial charge in [0.2, 0.25) is 5.91 Å². The summed E-state index contributed by atoms with van der Waals surface area (Å²) in [6.45, 7) is 0. The Hall–Kier alpha value is -2.15.